The Morgan fingerprint density at radius 2 is 1.94 bits per heavy atom. The lowest BCUT2D eigenvalue weighted by atomic mass is 9.99. The summed E-state index contributed by atoms with van der Waals surface area (Å²) in [5.41, 5.74) is 2.41. The van der Waals surface area contributed by atoms with Gasteiger partial charge in [-0.25, -0.2) is 9.97 Å². The molecule has 1 amide bonds. The minimum absolute atomic E-state index is 0.0536. The molecule has 3 aromatic rings. The largest absolute Gasteiger partial charge is 0.352 e. The van der Waals surface area contributed by atoms with Crippen LogP contribution < -0.4 is 5.32 Å². The fraction of sp³-hybridized carbons (Fsp3) is 0.435. The van der Waals surface area contributed by atoms with Gasteiger partial charge in [-0.15, -0.1) is 0 Å². The van der Waals surface area contributed by atoms with Crippen LogP contribution >= 0.6 is 0 Å². The van der Waals surface area contributed by atoms with E-state index in [9.17, 15) is 4.79 Å². The number of nitrogens with zero attached hydrogens (tertiary/aromatic N) is 5. The minimum atomic E-state index is -0.0536. The highest BCUT2D eigenvalue weighted by molar-refractivity contribution is 5.76. The Morgan fingerprint density at radius 3 is 2.71 bits per heavy atom. The number of hydrogen-bond acceptors (Lipinski definition) is 7. The third-order valence-electron chi connectivity index (χ3n) is 5.46. The zero-order valence-electron chi connectivity index (χ0n) is 17.8. The van der Waals surface area contributed by atoms with Gasteiger partial charge in [0.2, 0.25) is 23.4 Å². The molecule has 0 bridgehead atoms. The van der Waals surface area contributed by atoms with Gasteiger partial charge in [0.15, 0.2) is 0 Å². The first-order chi connectivity index (χ1) is 15.2. The Labute approximate surface area is 182 Å². The summed E-state index contributed by atoms with van der Waals surface area (Å²) < 4.78 is 5.19. The zero-order valence-corrected chi connectivity index (χ0v) is 17.8. The molecule has 1 fully saturated rings. The standard InChI is InChI=1S/C23H28N6O2/c1-17-4-2-13-29(15-17)16-19-7-5-18(6-8-19)14-26-20(30)9-10-21-27-23(28-31-21)22-24-11-3-12-25-22/h3,5-8,11-12,17H,2,4,9-10,13-16H2,1H3,(H,26,30). The molecule has 1 atom stereocenters. The van der Waals surface area contributed by atoms with Crippen LogP contribution in [-0.4, -0.2) is 44.0 Å². The number of hydrogen-bond donors (Lipinski definition) is 1. The van der Waals surface area contributed by atoms with E-state index in [2.05, 4.69) is 61.5 Å². The number of amides is 1. The molecule has 8 nitrogen and oxygen atoms in total. The fourth-order valence-corrected chi connectivity index (χ4v) is 3.82. The highest BCUT2D eigenvalue weighted by Gasteiger charge is 2.16. The lowest BCUT2D eigenvalue weighted by molar-refractivity contribution is -0.121. The molecule has 0 radical (unpaired) electrons. The molecule has 1 saturated heterocycles. The quantitative estimate of drug-likeness (QED) is 0.598. The van der Waals surface area contributed by atoms with E-state index < -0.39 is 0 Å². The topological polar surface area (TPSA) is 97.0 Å². The van der Waals surface area contributed by atoms with Gasteiger partial charge in [0.1, 0.15) is 0 Å². The molecule has 4 rings (SSSR count). The van der Waals surface area contributed by atoms with E-state index in [1.165, 1.54) is 31.5 Å². The van der Waals surface area contributed by atoms with E-state index in [-0.39, 0.29) is 12.3 Å². The SMILES string of the molecule is CC1CCCN(Cc2ccc(CNC(=O)CCc3nc(-c4ncccn4)no3)cc2)C1. The van der Waals surface area contributed by atoms with Crippen LogP contribution in [0.3, 0.4) is 0 Å². The number of carbonyl (C=O) groups excluding carboxylic acids is 1. The van der Waals surface area contributed by atoms with E-state index in [1.54, 1.807) is 18.5 Å². The van der Waals surface area contributed by atoms with Crippen molar-refractivity contribution in [2.24, 2.45) is 5.92 Å². The van der Waals surface area contributed by atoms with Crippen molar-refractivity contribution in [2.75, 3.05) is 13.1 Å². The molecule has 162 valence electrons. The van der Waals surface area contributed by atoms with Gasteiger partial charge in [-0.1, -0.05) is 36.3 Å². The highest BCUT2D eigenvalue weighted by Crippen LogP contribution is 2.18. The van der Waals surface area contributed by atoms with Crippen molar-refractivity contribution in [3.05, 3.63) is 59.7 Å². The van der Waals surface area contributed by atoms with Gasteiger partial charge in [-0.3, -0.25) is 9.69 Å². The first-order valence-electron chi connectivity index (χ1n) is 10.8. The van der Waals surface area contributed by atoms with Crippen LogP contribution in [0.1, 0.15) is 43.2 Å². The van der Waals surface area contributed by atoms with Crippen molar-refractivity contribution in [3.8, 4) is 11.6 Å². The third-order valence-corrected chi connectivity index (χ3v) is 5.46. The highest BCUT2D eigenvalue weighted by atomic mass is 16.5. The van der Waals surface area contributed by atoms with Crippen LogP contribution in [0.2, 0.25) is 0 Å². The molecule has 1 aliphatic heterocycles. The molecular weight excluding hydrogens is 392 g/mol. The molecule has 31 heavy (non-hydrogen) atoms. The van der Waals surface area contributed by atoms with Crippen LogP contribution in [-0.2, 0) is 24.3 Å². The van der Waals surface area contributed by atoms with E-state index in [0.29, 0.717) is 30.5 Å². The Hall–Kier alpha value is -3.13. The van der Waals surface area contributed by atoms with Crippen LogP contribution in [0.4, 0.5) is 0 Å². The van der Waals surface area contributed by atoms with Gasteiger partial charge < -0.3 is 9.84 Å². The average molecular weight is 421 g/mol. The number of aromatic nitrogens is 4. The summed E-state index contributed by atoms with van der Waals surface area (Å²) in [6.07, 6.45) is 6.51. The Bertz CT molecular complexity index is 973. The molecule has 1 aliphatic rings. The summed E-state index contributed by atoms with van der Waals surface area (Å²) in [7, 11) is 0. The number of piperidine rings is 1. The minimum Gasteiger partial charge on any atom is -0.352 e. The van der Waals surface area contributed by atoms with Gasteiger partial charge in [-0.05, 0) is 42.5 Å². The lowest BCUT2D eigenvalue weighted by Crippen LogP contribution is -2.33. The van der Waals surface area contributed by atoms with Crippen LogP contribution in [0.15, 0.2) is 47.2 Å². The summed E-state index contributed by atoms with van der Waals surface area (Å²) in [4.78, 5) is 27.1. The van der Waals surface area contributed by atoms with Gasteiger partial charge in [-0.2, -0.15) is 4.98 Å². The Balaban J connectivity index is 1.20. The van der Waals surface area contributed by atoms with Crippen molar-refractivity contribution in [3.63, 3.8) is 0 Å². The van der Waals surface area contributed by atoms with Crippen molar-refractivity contribution in [1.29, 1.82) is 0 Å². The second kappa shape index (κ2) is 10.3. The monoisotopic (exact) mass is 420 g/mol. The maximum absolute atomic E-state index is 12.2. The third kappa shape index (κ3) is 6.18. The van der Waals surface area contributed by atoms with Crippen molar-refractivity contribution >= 4 is 5.91 Å². The van der Waals surface area contributed by atoms with E-state index in [0.717, 1.165) is 18.0 Å². The van der Waals surface area contributed by atoms with E-state index >= 15 is 0 Å². The van der Waals surface area contributed by atoms with Crippen LogP contribution in [0, 0.1) is 5.92 Å². The van der Waals surface area contributed by atoms with Crippen molar-refractivity contribution < 1.29 is 9.32 Å². The van der Waals surface area contributed by atoms with Gasteiger partial charge >= 0.3 is 0 Å². The second-order valence-corrected chi connectivity index (χ2v) is 8.16. The summed E-state index contributed by atoms with van der Waals surface area (Å²) in [6, 6.07) is 10.2. The smallest absolute Gasteiger partial charge is 0.240 e. The molecule has 2 aromatic heterocycles. The first-order valence-corrected chi connectivity index (χ1v) is 10.8. The number of carbonyl (C=O) groups is 1. The second-order valence-electron chi connectivity index (χ2n) is 8.16. The molecule has 8 heteroatoms. The maximum Gasteiger partial charge on any atom is 0.240 e. The van der Waals surface area contributed by atoms with Crippen LogP contribution in [0.5, 0.6) is 0 Å². The zero-order chi connectivity index (χ0) is 21.5. The molecule has 1 unspecified atom stereocenters. The summed E-state index contributed by atoms with van der Waals surface area (Å²) in [5.74, 6) is 1.86. The summed E-state index contributed by atoms with van der Waals surface area (Å²) in [5, 5.41) is 6.82. The average Bonchev–Trinajstić information content (AvgIpc) is 3.27. The normalized spacial score (nSPS) is 16.9. The van der Waals surface area contributed by atoms with Crippen molar-refractivity contribution in [1.82, 2.24) is 30.3 Å². The number of likely N-dealkylation sites (tertiary alicyclic amines) is 1. The van der Waals surface area contributed by atoms with Crippen LogP contribution in [0.25, 0.3) is 11.6 Å². The van der Waals surface area contributed by atoms with E-state index in [4.69, 9.17) is 4.52 Å². The molecule has 0 spiro atoms. The fourth-order valence-electron chi connectivity index (χ4n) is 3.82. The van der Waals surface area contributed by atoms with Gasteiger partial charge in [0.05, 0.1) is 0 Å². The molecule has 0 saturated carbocycles. The predicted molar refractivity (Wildman–Crippen MR) is 116 cm³/mol. The molecule has 3 heterocycles. The Kier molecular flexibility index (Phi) is 6.99. The Morgan fingerprint density at radius 1 is 1.16 bits per heavy atom. The van der Waals surface area contributed by atoms with E-state index in [1.807, 2.05) is 0 Å². The molecule has 1 aromatic carbocycles. The van der Waals surface area contributed by atoms with Gasteiger partial charge in [0.25, 0.3) is 0 Å². The predicted octanol–water partition coefficient (Wildman–Crippen LogP) is 3.01. The molecular formula is C23H28N6O2. The first kappa shape index (κ1) is 21.1. The molecule has 0 aliphatic carbocycles. The number of rotatable bonds is 8. The van der Waals surface area contributed by atoms with Gasteiger partial charge in [0, 0.05) is 44.9 Å². The maximum atomic E-state index is 12.2. The molecule has 1 N–H and O–H groups in total. The number of benzene rings is 1. The van der Waals surface area contributed by atoms with Crippen molar-refractivity contribution in [2.45, 2.75) is 45.7 Å². The summed E-state index contributed by atoms with van der Waals surface area (Å²) in [6.45, 7) is 6.19. The number of nitrogens with one attached hydrogen (secondary N) is 1. The number of aryl methyl sites for hydroxylation is 1. The summed E-state index contributed by atoms with van der Waals surface area (Å²) >= 11 is 0. The lowest BCUT2D eigenvalue weighted by Gasteiger charge is -2.30.